The van der Waals surface area contributed by atoms with E-state index in [-0.39, 0.29) is 10.6 Å². The number of nitrogens with zero attached hydrogens (tertiary/aromatic N) is 2. The van der Waals surface area contributed by atoms with Crippen LogP contribution in [0.2, 0.25) is 5.02 Å². The molecule has 2 rings (SSSR count). The van der Waals surface area contributed by atoms with Gasteiger partial charge in [-0.05, 0) is 43.8 Å². The minimum atomic E-state index is -0.375. The topological polar surface area (TPSA) is 46.4 Å². The van der Waals surface area contributed by atoms with E-state index in [1.807, 2.05) is 11.8 Å². The van der Waals surface area contributed by atoms with E-state index in [0.29, 0.717) is 11.6 Å². The predicted octanol–water partition coefficient (Wildman–Crippen LogP) is 3.58. The van der Waals surface area contributed by atoms with Gasteiger partial charge in [0.15, 0.2) is 0 Å². The SMILES string of the molecule is CSC1CCN(Cc2cc([N+](=O)[O-])ccc2Cl)CC1. The Hall–Kier alpha value is -0.780. The van der Waals surface area contributed by atoms with Crippen LogP contribution in [0.25, 0.3) is 0 Å². The summed E-state index contributed by atoms with van der Waals surface area (Å²) in [6.07, 6.45) is 4.50. The lowest BCUT2D eigenvalue weighted by atomic mass is 10.1. The molecule has 0 unspecified atom stereocenters. The summed E-state index contributed by atoms with van der Waals surface area (Å²) in [4.78, 5) is 12.7. The van der Waals surface area contributed by atoms with Gasteiger partial charge in [0.2, 0.25) is 0 Å². The lowest BCUT2D eigenvalue weighted by molar-refractivity contribution is -0.384. The molecule has 1 aliphatic rings. The number of rotatable bonds is 4. The van der Waals surface area contributed by atoms with Gasteiger partial charge in [0.25, 0.3) is 5.69 Å². The average Bonchev–Trinajstić information content (AvgIpc) is 2.42. The first-order chi connectivity index (χ1) is 9.10. The van der Waals surface area contributed by atoms with E-state index in [0.717, 1.165) is 23.9 Å². The second-order valence-electron chi connectivity index (χ2n) is 4.74. The molecule has 0 aliphatic carbocycles. The molecule has 1 aromatic rings. The molecule has 4 nitrogen and oxygen atoms in total. The second-order valence-corrected chi connectivity index (χ2v) is 6.29. The number of piperidine rings is 1. The lowest BCUT2D eigenvalue weighted by Gasteiger charge is -2.31. The Balaban J connectivity index is 2.03. The molecule has 1 saturated heterocycles. The van der Waals surface area contributed by atoms with E-state index in [4.69, 9.17) is 11.6 Å². The summed E-state index contributed by atoms with van der Waals surface area (Å²) in [5, 5.41) is 12.1. The van der Waals surface area contributed by atoms with Gasteiger partial charge in [-0.2, -0.15) is 11.8 Å². The molecule has 1 aromatic carbocycles. The first-order valence-corrected chi connectivity index (χ1v) is 7.94. The fraction of sp³-hybridized carbons (Fsp3) is 0.538. The van der Waals surface area contributed by atoms with Crippen LogP contribution in [0.3, 0.4) is 0 Å². The van der Waals surface area contributed by atoms with Crippen molar-refractivity contribution in [3.8, 4) is 0 Å². The van der Waals surface area contributed by atoms with Crippen molar-refractivity contribution in [1.29, 1.82) is 0 Å². The van der Waals surface area contributed by atoms with Crippen LogP contribution >= 0.6 is 23.4 Å². The Kier molecular flexibility index (Phi) is 5.07. The van der Waals surface area contributed by atoms with E-state index < -0.39 is 0 Å². The number of nitro groups is 1. The van der Waals surface area contributed by atoms with Crippen LogP contribution in [-0.4, -0.2) is 34.4 Å². The van der Waals surface area contributed by atoms with Crippen LogP contribution in [0, 0.1) is 10.1 Å². The van der Waals surface area contributed by atoms with Crippen molar-refractivity contribution in [3.63, 3.8) is 0 Å². The number of thioether (sulfide) groups is 1. The number of halogens is 1. The molecule has 0 bridgehead atoms. The van der Waals surface area contributed by atoms with Crippen molar-refractivity contribution in [3.05, 3.63) is 38.9 Å². The number of benzene rings is 1. The van der Waals surface area contributed by atoms with Gasteiger partial charge in [-0.15, -0.1) is 0 Å². The number of non-ortho nitro benzene ring substituents is 1. The summed E-state index contributed by atoms with van der Waals surface area (Å²) in [5.41, 5.74) is 0.955. The maximum atomic E-state index is 10.8. The largest absolute Gasteiger partial charge is 0.299 e. The Morgan fingerprint density at radius 1 is 1.47 bits per heavy atom. The van der Waals surface area contributed by atoms with E-state index >= 15 is 0 Å². The minimum Gasteiger partial charge on any atom is -0.299 e. The minimum absolute atomic E-state index is 0.110. The summed E-state index contributed by atoms with van der Waals surface area (Å²) in [5.74, 6) is 0. The van der Waals surface area contributed by atoms with E-state index in [1.165, 1.54) is 18.9 Å². The average molecular weight is 301 g/mol. The van der Waals surface area contributed by atoms with Crippen molar-refractivity contribution in [1.82, 2.24) is 4.90 Å². The van der Waals surface area contributed by atoms with E-state index in [9.17, 15) is 10.1 Å². The molecular weight excluding hydrogens is 284 g/mol. The molecule has 0 atom stereocenters. The molecular formula is C13H17ClN2O2S. The highest BCUT2D eigenvalue weighted by atomic mass is 35.5. The van der Waals surface area contributed by atoms with Crippen LogP contribution in [-0.2, 0) is 6.54 Å². The Labute approximate surface area is 122 Å². The van der Waals surface area contributed by atoms with Gasteiger partial charge in [0.05, 0.1) is 4.92 Å². The zero-order valence-corrected chi connectivity index (χ0v) is 12.4. The first-order valence-electron chi connectivity index (χ1n) is 6.28. The summed E-state index contributed by atoms with van der Waals surface area (Å²) in [6.45, 7) is 2.76. The number of nitro benzene ring substituents is 1. The quantitative estimate of drug-likeness (QED) is 0.630. The van der Waals surface area contributed by atoms with Gasteiger partial charge >= 0.3 is 0 Å². The van der Waals surface area contributed by atoms with Crippen molar-refractivity contribution in [2.45, 2.75) is 24.6 Å². The highest BCUT2D eigenvalue weighted by molar-refractivity contribution is 7.99. The molecule has 19 heavy (non-hydrogen) atoms. The maximum absolute atomic E-state index is 10.8. The molecule has 6 heteroatoms. The summed E-state index contributed by atoms with van der Waals surface area (Å²) >= 11 is 8.04. The zero-order valence-electron chi connectivity index (χ0n) is 10.8. The van der Waals surface area contributed by atoms with Crippen LogP contribution in [0.4, 0.5) is 5.69 Å². The van der Waals surface area contributed by atoms with Crippen LogP contribution in [0.15, 0.2) is 18.2 Å². The second kappa shape index (κ2) is 6.59. The zero-order chi connectivity index (χ0) is 13.8. The van der Waals surface area contributed by atoms with Crippen molar-refractivity contribution in [2.75, 3.05) is 19.3 Å². The first kappa shape index (κ1) is 14.6. The van der Waals surface area contributed by atoms with Crippen molar-refractivity contribution < 1.29 is 4.92 Å². The van der Waals surface area contributed by atoms with Gasteiger partial charge in [-0.1, -0.05) is 11.6 Å². The summed E-state index contributed by atoms with van der Waals surface area (Å²) in [6, 6.07) is 4.65. The molecule has 0 aromatic heterocycles. The monoisotopic (exact) mass is 300 g/mol. The van der Waals surface area contributed by atoms with Gasteiger partial charge in [-0.3, -0.25) is 15.0 Å². The third-order valence-electron chi connectivity index (χ3n) is 3.50. The van der Waals surface area contributed by atoms with Gasteiger partial charge in [0.1, 0.15) is 0 Å². The molecule has 0 spiro atoms. The van der Waals surface area contributed by atoms with Crippen molar-refractivity contribution in [2.24, 2.45) is 0 Å². The molecule has 1 fully saturated rings. The highest BCUT2D eigenvalue weighted by Gasteiger charge is 2.19. The predicted molar refractivity (Wildman–Crippen MR) is 79.9 cm³/mol. The molecule has 1 heterocycles. The molecule has 1 aliphatic heterocycles. The van der Waals surface area contributed by atoms with Crippen LogP contribution in [0.1, 0.15) is 18.4 Å². The third-order valence-corrected chi connectivity index (χ3v) is 5.01. The number of likely N-dealkylation sites (tertiary alicyclic amines) is 1. The van der Waals surface area contributed by atoms with Gasteiger partial charge in [-0.25, -0.2) is 0 Å². The highest BCUT2D eigenvalue weighted by Crippen LogP contribution is 2.26. The van der Waals surface area contributed by atoms with E-state index in [1.54, 1.807) is 12.1 Å². The molecule has 0 N–H and O–H groups in total. The third kappa shape index (κ3) is 3.84. The smallest absolute Gasteiger partial charge is 0.269 e. The standard InChI is InChI=1S/C13H17ClN2O2S/c1-19-12-4-6-15(7-5-12)9-10-8-11(16(17)18)2-3-13(10)14/h2-3,8,12H,4-7,9H2,1H3. The Morgan fingerprint density at radius 2 is 2.16 bits per heavy atom. The molecule has 0 saturated carbocycles. The fourth-order valence-corrected chi connectivity index (χ4v) is 3.20. The summed E-state index contributed by atoms with van der Waals surface area (Å²) < 4.78 is 0. The molecule has 0 radical (unpaired) electrons. The Bertz CT molecular complexity index is 462. The van der Waals surface area contributed by atoms with Crippen molar-refractivity contribution >= 4 is 29.1 Å². The maximum Gasteiger partial charge on any atom is 0.269 e. The summed E-state index contributed by atoms with van der Waals surface area (Å²) in [7, 11) is 0. The lowest BCUT2D eigenvalue weighted by Crippen LogP contribution is -2.34. The molecule has 104 valence electrons. The van der Waals surface area contributed by atoms with Gasteiger partial charge in [0, 0.05) is 29.0 Å². The number of hydrogen-bond acceptors (Lipinski definition) is 4. The van der Waals surface area contributed by atoms with E-state index in [2.05, 4.69) is 11.2 Å². The fourth-order valence-electron chi connectivity index (χ4n) is 2.34. The Morgan fingerprint density at radius 3 is 2.74 bits per heavy atom. The van der Waals surface area contributed by atoms with Crippen LogP contribution < -0.4 is 0 Å². The van der Waals surface area contributed by atoms with Crippen LogP contribution in [0.5, 0.6) is 0 Å². The molecule has 0 amide bonds. The normalized spacial score (nSPS) is 17.6. The van der Waals surface area contributed by atoms with Gasteiger partial charge < -0.3 is 0 Å². The number of hydrogen-bond donors (Lipinski definition) is 0.